The highest BCUT2D eigenvalue weighted by Gasteiger charge is 2.27. The molecule has 1 saturated heterocycles. The third kappa shape index (κ3) is 6.81. The maximum absolute atomic E-state index is 14.9. The fraction of sp³-hybridized carbons (Fsp3) is 0.321. The summed E-state index contributed by atoms with van der Waals surface area (Å²) >= 11 is 5.86. The number of rotatable bonds is 9. The van der Waals surface area contributed by atoms with Gasteiger partial charge in [-0.3, -0.25) is 24.2 Å². The second-order valence-corrected chi connectivity index (χ2v) is 11.0. The number of nitrogens with zero attached hydrogens (tertiary/aromatic N) is 7. The van der Waals surface area contributed by atoms with Gasteiger partial charge >= 0.3 is 0 Å². The van der Waals surface area contributed by atoms with Crippen molar-refractivity contribution in [1.29, 1.82) is 0 Å². The van der Waals surface area contributed by atoms with E-state index in [9.17, 15) is 27.9 Å². The molecule has 4 heterocycles. The Morgan fingerprint density at radius 3 is 2.56 bits per heavy atom. The first kappa shape index (κ1) is 30.0. The van der Waals surface area contributed by atoms with Crippen LogP contribution in [0.5, 0.6) is 0 Å². The minimum Gasteiger partial charge on any atom is -0.390 e. The molecule has 0 saturated carbocycles. The molecule has 11 nitrogen and oxygen atoms in total. The number of amides is 2. The lowest BCUT2D eigenvalue weighted by Crippen LogP contribution is -2.26. The Hall–Kier alpha value is -4.43. The number of halogens is 4. The zero-order chi connectivity index (χ0) is 30.9. The van der Waals surface area contributed by atoms with E-state index in [0.29, 0.717) is 24.5 Å². The van der Waals surface area contributed by atoms with Crippen molar-refractivity contribution in [3.05, 3.63) is 76.5 Å². The van der Waals surface area contributed by atoms with Crippen LogP contribution in [0.1, 0.15) is 60.4 Å². The van der Waals surface area contributed by atoms with E-state index in [1.165, 1.54) is 35.8 Å². The number of aliphatic hydroxyl groups is 1. The lowest BCUT2D eigenvalue weighted by molar-refractivity contribution is -0.117. The number of hydrogen-bond donors (Lipinski definition) is 2. The van der Waals surface area contributed by atoms with Crippen molar-refractivity contribution in [3.8, 4) is 11.3 Å². The standard InChI is InChI=1S/C28H26ClF3N8O3/c1-28(2,43)8-19-24(38-20(12-33-19)22-17(25(31)32)5-6-18(29)23(22)30)26(42)37-16-11-36-39(14-16)13-15-9-34-27(35-10-15)40-7-3-4-21(40)41/h5-6,9-12,14,25,43H,3-4,7-8,13H2,1-2H3,(H,37,42). The van der Waals surface area contributed by atoms with E-state index in [0.717, 1.165) is 24.8 Å². The van der Waals surface area contributed by atoms with E-state index in [1.807, 2.05) is 0 Å². The first-order valence-corrected chi connectivity index (χ1v) is 13.6. The van der Waals surface area contributed by atoms with Crippen LogP contribution < -0.4 is 10.2 Å². The molecule has 0 radical (unpaired) electrons. The number of anilines is 2. The van der Waals surface area contributed by atoms with Gasteiger partial charge < -0.3 is 10.4 Å². The summed E-state index contributed by atoms with van der Waals surface area (Å²) in [7, 11) is 0. The molecule has 2 amide bonds. The quantitative estimate of drug-likeness (QED) is 0.279. The van der Waals surface area contributed by atoms with Crippen LogP contribution in [0.2, 0.25) is 5.02 Å². The SMILES string of the molecule is CC(C)(O)Cc1ncc(-c2c(C(F)F)ccc(Cl)c2F)nc1C(=O)Nc1cnn(Cc2cnc(N3CCCC3=O)nc2)c1. The Labute approximate surface area is 248 Å². The van der Waals surface area contributed by atoms with Crippen molar-refractivity contribution in [3.63, 3.8) is 0 Å². The third-order valence-corrected chi connectivity index (χ3v) is 6.82. The third-order valence-electron chi connectivity index (χ3n) is 6.52. The Bertz CT molecular complexity index is 1670. The Balaban J connectivity index is 1.39. The molecule has 1 aromatic carbocycles. The van der Waals surface area contributed by atoms with Crippen LogP contribution in [0.3, 0.4) is 0 Å². The van der Waals surface area contributed by atoms with Gasteiger partial charge in [0.15, 0.2) is 11.5 Å². The topological polar surface area (TPSA) is 139 Å². The second-order valence-electron chi connectivity index (χ2n) is 10.6. The Kier molecular flexibility index (Phi) is 8.42. The monoisotopic (exact) mass is 614 g/mol. The molecular formula is C28H26ClF3N8O3. The maximum Gasteiger partial charge on any atom is 0.276 e. The summed E-state index contributed by atoms with van der Waals surface area (Å²) in [5.41, 5.74) is -2.13. The summed E-state index contributed by atoms with van der Waals surface area (Å²) in [6, 6.07) is 1.99. The van der Waals surface area contributed by atoms with Crippen molar-refractivity contribution in [2.24, 2.45) is 0 Å². The fourth-order valence-electron chi connectivity index (χ4n) is 4.58. The van der Waals surface area contributed by atoms with Crippen molar-refractivity contribution >= 4 is 35.1 Å². The first-order chi connectivity index (χ1) is 20.4. The Morgan fingerprint density at radius 1 is 1.16 bits per heavy atom. The number of carbonyl (C=O) groups excluding carboxylic acids is 2. The van der Waals surface area contributed by atoms with E-state index in [2.05, 4.69) is 30.4 Å². The molecule has 224 valence electrons. The highest BCUT2D eigenvalue weighted by molar-refractivity contribution is 6.31. The van der Waals surface area contributed by atoms with Gasteiger partial charge in [0.05, 0.1) is 46.6 Å². The zero-order valence-corrected chi connectivity index (χ0v) is 23.8. The van der Waals surface area contributed by atoms with Crippen molar-refractivity contribution < 1.29 is 27.9 Å². The summed E-state index contributed by atoms with van der Waals surface area (Å²) in [4.78, 5) is 43.7. The molecular weight excluding hydrogens is 589 g/mol. The molecule has 1 aliphatic rings. The molecule has 5 rings (SSSR count). The number of carbonyl (C=O) groups is 2. The Morgan fingerprint density at radius 2 is 1.91 bits per heavy atom. The van der Waals surface area contributed by atoms with Crippen LogP contribution in [-0.2, 0) is 17.8 Å². The van der Waals surface area contributed by atoms with Gasteiger partial charge in [0.2, 0.25) is 11.9 Å². The lowest BCUT2D eigenvalue weighted by atomic mass is 10.00. The van der Waals surface area contributed by atoms with Gasteiger partial charge in [-0.05, 0) is 26.3 Å². The van der Waals surface area contributed by atoms with E-state index in [4.69, 9.17) is 11.6 Å². The molecule has 1 aliphatic heterocycles. The van der Waals surface area contributed by atoms with Gasteiger partial charge in [-0.25, -0.2) is 28.1 Å². The molecule has 0 atom stereocenters. The summed E-state index contributed by atoms with van der Waals surface area (Å²) < 4.78 is 43.9. The summed E-state index contributed by atoms with van der Waals surface area (Å²) in [6.07, 6.45) is 5.21. The van der Waals surface area contributed by atoms with Gasteiger partial charge in [-0.1, -0.05) is 17.7 Å². The van der Waals surface area contributed by atoms with Gasteiger partial charge in [-0.15, -0.1) is 0 Å². The predicted octanol–water partition coefficient (Wildman–Crippen LogP) is 4.60. The molecule has 2 N–H and O–H groups in total. The van der Waals surface area contributed by atoms with E-state index in [-0.39, 0.29) is 41.6 Å². The normalized spacial score (nSPS) is 13.7. The molecule has 3 aromatic heterocycles. The number of hydrogen-bond acceptors (Lipinski definition) is 8. The van der Waals surface area contributed by atoms with Gasteiger partial charge in [-0.2, -0.15) is 5.10 Å². The highest BCUT2D eigenvalue weighted by Crippen LogP contribution is 2.36. The second kappa shape index (κ2) is 12.1. The van der Waals surface area contributed by atoms with Gasteiger partial charge in [0, 0.05) is 54.7 Å². The van der Waals surface area contributed by atoms with Crippen LogP contribution in [-0.4, -0.2) is 58.8 Å². The minimum absolute atomic E-state index is 0.0201. The van der Waals surface area contributed by atoms with Gasteiger partial charge in [0.1, 0.15) is 0 Å². The largest absolute Gasteiger partial charge is 0.390 e. The molecule has 0 aliphatic carbocycles. The zero-order valence-electron chi connectivity index (χ0n) is 23.1. The van der Waals surface area contributed by atoms with Crippen molar-refractivity contribution in [2.45, 2.75) is 51.7 Å². The maximum atomic E-state index is 14.9. The molecule has 0 unspecified atom stereocenters. The summed E-state index contributed by atoms with van der Waals surface area (Å²) in [5, 5.41) is 16.8. The van der Waals surface area contributed by atoms with Crippen molar-refractivity contribution in [2.75, 3.05) is 16.8 Å². The summed E-state index contributed by atoms with van der Waals surface area (Å²) in [6.45, 7) is 3.83. The predicted molar refractivity (Wildman–Crippen MR) is 150 cm³/mol. The van der Waals surface area contributed by atoms with E-state index >= 15 is 0 Å². The van der Waals surface area contributed by atoms with Crippen LogP contribution >= 0.6 is 11.6 Å². The first-order valence-electron chi connectivity index (χ1n) is 13.2. The average Bonchev–Trinajstić information content (AvgIpc) is 3.58. The van der Waals surface area contributed by atoms with Crippen LogP contribution in [0, 0.1) is 5.82 Å². The molecule has 0 spiro atoms. The molecule has 4 aromatic rings. The fourth-order valence-corrected chi connectivity index (χ4v) is 4.74. The van der Waals surface area contributed by atoms with E-state index in [1.54, 1.807) is 12.4 Å². The van der Waals surface area contributed by atoms with Gasteiger partial charge in [0.25, 0.3) is 12.3 Å². The average molecular weight is 615 g/mol. The highest BCUT2D eigenvalue weighted by atomic mass is 35.5. The van der Waals surface area contributed by atoms with Crippen LogP contribution in [0.15, 0.2) is 43.1 Å². The molecule has 1 fully saturated rings. The van der Waals surface area contributed by atoms with E-state index < -0.39 is 39.9 Å². The number of alkyl halides is 2. The van der Waals surface area contributed by atoms with Crippen LogP contribution in [0.25, 0.3) is 11.3 Å². The smallest absolute Gasteiger partial charge is 0.276 e. The number of aromatic nitrogens is 6. The molecule has 15 heteroatoms. The number of nitrogens with one attached hydrogen (secondary N) is 1. The van der Waals surface area contributed by atoms with Crippen molar-refractivity contribution in [1.82, 2.24) is 29.7 Å². The summed E-state index contributed by atoms with van der Waals surface area (Å²) in [5.74, 6) is -1.59. The lowest BCUT2D eigenvalue weighted by Gasteiger charge is -2.19. The number of benzene rings is 1. The minimum atomic E-state index is -3.05. The van der Waals surface area contributed by atoms with Crippen LogP contribution in [0.4, 0.5) is 24.8 Å². The molecule has 0 bridgehead atoms. The molecule has 43 heavy (non-hydrogen) atoms.